The molecule has 2 rings (SSSR count). The minimum Gasteiger partial charge on any atom is -0.318 e. The molecule has 0 unspecified atom stereocenters. The number of benzene rings is 1. The van der Waals surface area contributed by atoms with Crippen LogP contribution in [-0.4, -0.2) is 4.57 Å². The topological polar surface area (TPSA) is 4.93 Å². The van der Waals surface area contributed by atoms with Crippen molar-refractivity contribution < 1.29 is 0 Å². The molecule has 0 aliphatic rings. The Morgan fingerprint density at radius 1 is 1.00 bits per heavy atom. The lowest BCUT2D eigenvalue weighted by molar-refractivity contribution is 0.966. The molecule has 0 saturated heterocycles. The molecule has 0 atom stereocenters. The Hall–Kier alpha value is -1.21. The van der Waals surface area contributed by atoms with E-state index in [-0.39, 0.29) is 0 Å². The quantitative estimate of drug-likeness (QED) is 0.668. The largest absolute Gasteiger partial charge is 0.318 e. The van der Waals surface area contributed by atoms with E-state index >= 15 is 0 Å². The number of halogens is 1. The van der Waals surface area contributed by atoms with E-state index in [0.717, 1.165) is 10.7 Å². The minimum absolute atomic E-state index is 0.773. The molecule has 0 bridgehead atoms. The predicted molar refractivity (Wildman–Crippen MR) is 60.3 cm³/mol. The first-order chi connectivity index (χ1) is 6.68. The van der Waals surface area contributed by atoms with Gasteiger partial charge in [0.2, 0.25) is 0 Å². The van der Waals surface area contributed by atoms with Crippen molar-refractivity contribution in [1.29, 1.82) is 0 Å². The van der Waals surface area contributed by atoms with Crippen LogP contribution in [0.3, 0.4) is 0 Å². The molecule has 0 amide bonds. The summed E-state index contributed by atoms with van der Waals surface area (Å²) in [6.07, 6.45) is 0. The minimum atomic E-state index is 0.773. The van der Waals surface area contributed by atoms with Gasteiger partial charge < -0.3 is 4.57 Å². The van der Waals surface area contributed by atoms with Crippen molar-refractivity contribution in [2.45, 2.75) is 13.8 Å². The molecule has 0 saturated carbocycles. The van der Waals surface area contributed by atoms with Crippen LogP contribution in [0.5, 0.6) is 0 Å². The third-order valence-corrected chi connectivity index (χ3v) is 2.57. The van der Waals surface area contributed by atoms with Gasteiger partial charge in [0.25, 0.3) is 0 Å². The lowest BCUT2D eigenvalue weighted by Crippen LogP contribution is -1.97. The fourth-order valence-corrected chi connectivity index (χ4v) is 1.88. The second-order valence-corrected chi connectivity index (χ2v) is 3.87. The summed E-state index contributed by atoms with van der Waals surface area (Å²) in [5, 5.41) is 0.773. The van der Waals surface area contributed by atoms with Crippen molar-refractivity contribution in [3.05, 3.63) is 52.8 Å². The normalized spacial score (nSPS) is 10.5. The molecule has 0 N–H and O–H groups in total. The summed E-state index contributed by atoms with van der Waals surface area (Å²) in [5.74, 6) is 0. The van der Waals surface area contributed by atoms with Crippen LogP contribution in [0.15, 0.2) is 36.4 Å². The zero-order valence-electron chi connectivity index (χ0n) is 8.29. The smallest absolute Gasteiger partial charge is 0.0469 e. The highest BCUT2D eigenvalue weighted by Gasteiger charge is 2.03. The number of hydrogen-bond donors (Lipinski definition) is 0. The molecule has 0 radical (unpaired) electrons. The molecule has 1 nitrogen and oxygen atoms in total. The number of aryl methyl sites for hydroxylation is 2. The van der Waals surface area contributed by atoms with Crippen molar-refractivity contribution in [3.63, 3.8) is 0 Å². The lowest BCUT2D eigenvalue weighted by atomic mass is 10.3. The molecule has 2 aromatic rings. The zero-order valence-corrected chi connectivity index (χ0v) is 9.05. The number of hydrogen-bond acceptors (Lipinski definition) is 0. The molecule has 0 aliphatic heterocycles. The van der Waals surface area contributed by atoms with E-state index < -0.39 is 0 Å². The summed E-state index contributed by atoms with van der Waals surface area (Å²) in [4.78, 5) is 0. The van der Waals surface area contributed by atoms with Gasteiger partial charge >= 0.3 is 0 Å². The Morgan fingerprint density at radius 3 is 2.21 bits per heavy atom. The maximum atomic E-state index is 5.95. The first kappa shape index (κ1) is 9.35. The van der Waals surface area contributed by atoms with Gasteiger partial charge in [0.1, 0.15) is 0 Å². The molecule has 1 heterocycles. The highest BCUT2D eigenvalue weighted by Crippen LogP contribution is 2.19. The molecular formula is C12H12ClN. The maximum Gasteiger partial charge on any atom is 0.0469 e. The van der Waals surface area contributed by atoms with Crippen LogP contribution >= 0.6 is 11.6 Å². The third-order valence-electron chi connectivity index (χ3n) is 2.34. The van der Waals surface area contributed by atoms with Gasteiger partial charge in [-0.2, -0.15) is 0 Å². The zero-order chi connectivity index (χ0) is 10.1. The van der Waals surface area contributed by atoms with Gasteiger partial charge in [0, 0.05) is 22.1 Å². The molecule has 1 aromatic carbocycles. The highest BCUT2D eigenvalue weighted by molar-refractivity contribution is 6.30. The monoisotopic (exact) mass is 205 g/mol. The van der Waals surface area contributed by atoms with Crippen molar-refractivity contribution in [2.24, 2.45) is 0 Å². The van der Waals surface area contributed by atoms with Gasteiger partial charge in [-0.1, -0.05) is 17.7 Å². The molecule has 0 spiro atoms. The summed E-state index contributed by atoms with van der Waals surface area (Å²) in [6, 6.07) is 12.1. The highest BCUT2D eigenvalue weighted by atomic mass is 35.5. The van der Waals surface area contributed by atoms with Crippen LogP contribution in [0.2, 0.25) is 5.02 Å². The van der Waals surface area contributed by atoms with Gasteiger partial charge in [-0.05, 0) is 44.2 Å². The number of aromatic nitrogens is 1. The van der Waals surface area contributed by atoms with E-state index in [4.69, 9.17) is 11.6 Å². The Balaban J connectivity index is 2.59. The Morgan fingerprint density at radius 2 is 1.64 bits per heavy atom. The molecule has 2 heteroatoms. The van der Waals surface area contributed by atoms with Gasteiger partial charge in [0.05, 0.1) is 0 Å². The van der Waals surface area contributed by atoms with Crippen LogP contribution in [-0.2, 0) is 0 Å². The molecule has 14 heavy (non-hydrogen) atoms. The van der Waals surface area contributed by atoms with Crippen LogP contribution in [0.1, 0.15) is 11.4 Å². The predicted octanol–water partition coefficient (Wildman–Crippen LogP) is 3.75. The average Bonchev–Trinajstić information content (AvgIpc) is 2.46. The molecule has 0 aliphatic carbocycles. The average molecular weight is 206 g/mol. The standard InChI is InChI=1S/C12H12ClN/c1-9-6-7-10(2)14(9)12-5-3-4-11(13)8-12/h3-8H,1-2H3. The molecule has 0 fully saturated rings. The summed E-state index contributed by atoms with van der Waals surface area (Å²) in [5.41, 5.74) is 3.58. The molecular weight excluding hydrogens is 194 g/mol. The second-order valence-electron chi connectivity index (χ2n) is 3.43. The van der Waals surface area contributed by atoms with Gasteiger partial charge in [-0.25, -0.2) is 0 Å². The third kappa shape index (κ3) is 1.55. The fourth-order valence-electron chi connectivity index (χ4n) is 1.69. The summed E-state index contributed by atoms with van der Waals surface area (Å²) in [7, 11) is 0. The van der Waals surface area contributed by atoms with Crippen molar-refractivity contribution in [2.75, 3.05) is 0 Å². The van der Waals surface area contributed by atoms with E-state index in [1.807, 2.05) is 18.2 Å². The van der Waals surface area contributed by atoms with E-state index in [9.17, 15) is 0 Å². The van der Waals surface area contributed by atoms with E-state index in [2.05, 4.69) is 36.6 Å². The Bertz CT molecular complexity index is 438. The van der Waals surface area contributed by atoms with E-state index in [0.29, 0.717) is 0 Å². The van der Waals surface area contributed by atoms with Crippen molar-refractivity contribution >= 4 is 11.6 Å². The van der Waals surface area contributed by atoms with Crippen molar-refractivity contribution in [1.82, 2.24) is 4.57 Å². The van der Waals surface area contributed by atoms with Gasteiger partial charge in [-0.15, -0.1) is 0 Å². The molecule has 72 valence electrons. The first-order valence-electron chi connectivity index (χ1n) is 4.59. The van der Waals surface area contributed by atoms with Crippen LogP contribution in [0.4, 0.5) is 0 Å². The number of rotatable bonds is 1. The van der Waals surface area contributed by atoms with Crippen LogP contribution in [0, 0.1) is 13.8 Å². The van der Waals surface area contributed by atoms with E-state index in [1.54, 1.807) is 0 Å². The summed E-state index contributed by atoms with van der Waals surface area (Å²) < 4.78 is 2.19. The number of nitrogens with zero attached hydrogens (tertiary/aromatic N) is 1. The Kier molecular flexibility index (Phi) is 2.34. The summed E-state index contributed by atoms with van der Waals surface area (Å²) in [6.45, 7) is 4.18. The first-order valence-corrected chi connectivity index (χ1v) is 4.97. The molecule has 1 aromatic heterocycles. The van der Waals surface area contributed by atoms with Gasteiger partial charge in [0.15, 0.2) is 0 Å². The summed E-state index contributed by atoms with van der Waals surface area (Å²) >= 11 is 5.95. The van der Waals surface area contributed by atoms with Gasteiger partial charge in [-0.3, -0.25) is 0 Å². The van der Waals surface area contributed by atoms with Crippen LogP contribution < -0.4 is 0 Å². The van der Waals surface area contributed by atoms with E-state index in [1.165, 1.54) is 11.4 Å². The van der Waals surface area contributed by atoms with Crippen molar-refractivity contribution in [3.8, 4) is 5.69 Å². The lowest BCUT2D eigenvalue weighted by Gasteiger charge is -2.09. The SMILES string of the molecule is Cc1ccc(C)n1-c1cccc(Cl)c1. The second kappa shape index (κ2) is 3.50. The van der Waals surface area contributed by atoms with Crippen LogP contribution in [0.25, 0.3) is 5.69 Å². The fraction of sp³-hybridized carbons (Fsp3) is 0.167. The Labute approximate surface area is 88.9 Å². The maximum absolute atomic E-state index is 5.95.